The maximum absolute atomic E-state index is 12.5. The summed E-state index contributed by atoms with van der Waals surface area (Å²) in [5.74, 6) is -0.416. The number of amides is 1. The van der Waals surface area contributed by atoms with Crippen LogP contribution in [0, 0.1) is 13.8 Å². The monoisotopic (exact) mass is 507 g/mol. The van der Waals surface area contributed by atoms with Gasteiger partial charge in [0, 0.05) is 10.2 Å². The average molecular weight is 510 g/mol. The molecule has 0 aliphatic heterocycles. The molecule has 1 amide bonds. The number of rotatable bonds is 4. The van der Waals surface area contributed by atoms with Gasteiger partial charge in [-0.15, -0.1) is 0 Å². The number of hydrogen-bond donors (Lipinski definition) is 3. The standard InChI is InChI=1S/C18H17BrCl3N3OS/c1-10-7-8-14(11(2)9-10)23-17(27)25-16(18(20,21)22)24-15(26)12-5-3-4-6-13(12)19/h3-9,16H,1-2H3,(H,24,26)(H2,23,25,27)/t16-/m1/s1. The van der Waals surface area contributed by atoms with Crippen LogP contribution < -0.4 is 16.0 Å². The number of benzene rings is 2. The minimum Gasteiger partial charge on any atom is -0.339 e. The largest absolute Gasteiger partial charge is 0.339 e. The Bertz CT molecular complexity index is 858. The molecule has 0 aliphatic carbocycles. The van der Waals surface area contributed by atoms with Crippen molar-refractivity contribution in [3.8, 4) is 0 Å². The zero-order valence-electron chi connectivity index (χ0n) is 14.4. The average Bonchev–Trinajstić information content (AvgIpc) is 2.56. The Morgan fingerprint density at radius 2 is 1.78 bits per heavy atom. The molecule has 0 aliphatic rings. The molecule has 0 bridgehead atoms. The third-order valence-electron chi connectivity index (χ3n) is 3.63. The van der Waals surface area contributed by atoms with Gasteiger partial charge in [0.05, 0.1) is 5.56 Å². The fourth-order valence-electron chi connectivity index (χ4n) is 2.30. The summed E-state index contributed by atoms with van der Waals surface area (Å²) in [5, 5.41) is 8.76. The molecule has 2 rings (SSSR count). The Labute approximate surface area is 187 Å². The lowest BCUT2D eigenvalue weighted by atomic mass is 10.1. The van der Waals surface area contributed by atoms with Gasteiger partial charge in [-0.3, -0.25) is 4.79 Å². The second-order valence-electron chi connectivity index (χ2n) is 5.84. The van der Waals surface area contributed by atoms with E-state index in [0.29, 0.717) is 10.0 Å². The first kappa shape index (κ1) is 22.2. The SMILES string of the molecule is Cc1ccc(NC(=S)N[C@@H](NC(=O)c2ccccc2Br)C(Cl)(Cl)Cl)c(C)c1. The van der Waals surface area contributed by atoms with Gasteiger partial charge in [-0.1, -0.05) is 64.6 Å². The minimum absolute atomic E-state index is 0.214. The van der Waals surface area contributed by atoms with Crippen LogP contribution in [0.25, 0.3) is 0 Å². The summed E-state index contributed by atoms with van der Waals surface area (Å²) in [6.07, 6.45) is -1.05. The quantitative estimate of drug-likeness (QED) is 0.290. The van der Waals surface area contributed by atoms with Crippen molar-refractivity contribution in [2.45, 2.75) is 23.8 Å². The van der Waals surface area contributed by atoms with E-state index >= 15 is 0 Å². The number of halogens is 4. The van der Waals surface area contributed by atoms with Gasteiger partial charge in [0.1, 0.15) is 6.17 Å². The highest BCUT2D eigenvalue weighted by Crippen LogP contribution is 2.30. The van der Waals surface area contributed by atoms with E-state index in [1.54, 1.807) is 24.3 Å². The van der Waals surface area contributed by atoms with Crippen molar-refractivity contribution in [2.24, 2.45) is 0 Å². The summed E-state index contributed by atoms with van der Waals surface area (Å²) in [5.41, 5.74) is 3.38. The van der Waals surface area contributed by atoms with Crippen LogP contribution in [0.3, 0.4) is 0 Å². The van der Waals surface area contributed by atoms with Crippen molar-refractivity contribution in [3.63, 3.8) is 0 Å². The summed E-state index contributed by atoms with van der Waals surface area (Å²) in [6, 6.07) is 12.8. The van der Waals surface area contributed by atoms with E-state index in [1.165, 1.54) is 0 Å². The van der Waals surface area contributed by atoms with Crippen molar-refractivity contribution in [2.75, 3.05) is 5.32 Å². The maximum atomic E-state index is 12.5. The number of nitrogens with one attached hydrogen (secondary N) is 3. The van der Waals surface area contributed by atoms with Crippen LogP contribution in [0.1, 0.15) is 21.5 Å². The van der Waals surface area contributed by atoms with Gasteiger partial charge in [0.15, 0.2) is 5.11 Å². The van der Waals surface area contributed by atoms with E-state index in [0.717, 1.165) is 16.8 Å². The van der Waals surface area contributed by atoms with Crippen molar-refractivity contribution >= 4 is 79.7 Å². The lowest BCUT2D eigenvalue weighted by molar-refractivity contribution is 0.0934. The van der Waals surface area contributed by atoms with Gasteiger partial charge in [-0.25, -0.2) is 0 Å². The molecule has 0 saturated heterocycles. The first-order valence-electron chi connectivity index (χ1n) is 7.85. The van der Waals surface area contributed by atoms with Crippen molar-refractivity contribution in [1.29, 1.82) is 0 Å². The second-order valence-corrected chi connectivity index (χ2v) is 9.48. The Hall–Kier alpha value is -1.05. The predicted octanol–water partition coefficient (Wildman–Crippen LogP) is 5.48. The summed E-state index contributed by atoms with van der Waals surface area (Å²) >= 11 is 26.7. The van der Waals surface area contributed by atoms with E-state index in [4.69, 9.17) is 47.0 Å². The molecular formula is C18H17BrCl3N3OS. The van der Waals surface area contributed by atoms with Crippen LogP contribution >= 0.6 is 63.0 Å². The number of carbonyl (C=O) groups excluding carboxylic acids is 1. The smallest absolute Gasteiger partial charge is 0.254 e. The number of thiocarbonyl (C=S) groups is 1. The van der Waals surface area contributed by atoms with Crippen LogP contribution in [0.2, 0.25) is 0 Å². The number of aryl methyl sites for hydroxylation is 2. The first-order chi connectivity index (χ1) is 12.6. The normalized spacial score (nSPS) is 12.2. The van der Waals surface area contributed by atoms with Gasteiger partial charge in [-0.05, 0) is 65.8 Å². The summed E-state index contributed by atoms with van der Waals surface area (Å²) in [4.78, 5) is 12.5. The zero-order valence-corrected chi connectivity index (χ0v) is 19.1. The third kappa shape index (κ3) is 6.50. The van der Waals surface area contributed by atoms with Crippen LogP contribution in [0.5, 0.6) is 0 Å². The zero-order chi connectivity index (χ0) is 20.2. The molecule has 2 aromatic carbocycles. The summed E-state index contributed by atoms with van der Waals surface area (Å²) in [6.45, 7) is 3.96. The van der Waals surface area contributed by atoms with Gasteiger partial charge >= 0.3 is 0 Å². The van der Waals surface area contributed by atoms with Crippen LogP contribution in [-0.2, 0) is 0 Å². The Morgan fingerprint density at radius 1 is 1.11 bits per heavy atom. The highest BCUT2D eigenvalue weighted by Gasteiger charge is 2.35. The van der Waals surface area contributed by atoms with E-state index in [9.17, 15) is 4.79 Å². The van der Waals surface area contributed by atoms with Crippen LogP contribution in [-0.4, -0.2) is 21.0 Å². The fraction of sp³-hybridized carbons (Fsp3) is 0.222. The van der Waals surface area contributed by atoms with Crippen molar-refractivity contribution < 1.29 is 4.79 Å². The maximum Gasteiger partial charge on any atom is 0.254 e. The van der Waals surface area contributed by atoms with Gasteiger partial charge in [-0.2, -0.15) is 0 Å². The van der Waals surface area contributed by atoms with E-state index < -0.39 is 15.9 Å². The second kappa shape index (κ2) is 9.43. The number of carbonyl (C=O) groups is 1. The highest BCUT2D eigenvalue weighted by molar-refractivity contribution is 9.10. The fourth-order valence-corrected chi connectivity index (χ4v) is 3.32. The molecule has 2 aromatic rings. The molecule has 0 spiro atoms. The van der Waals surface area contributed by atoms with Crippen molar-refractivity contribution in [1.82, 2.24) is 10.6 Å². The Morgan fingerprint density at radius 3 is 2.37 bits per heavy atom. The lowest BCUT2D eigenvalue weighted by Crippen LogP contribution is -2.56. The molecule has 0 radical (unpaired) electrons. The molecule has 0 aromatic heterocycles. The van der Waals surface area contributed by atoms with Gasteiger partial charge in [0.25, 0.3) is 5.91 Å². The minimum atomic E-state index is -1.83. The molecule has 9 heteroatoms. The molecule has 144 valence electrons. The third-order valence-corrected chi connectivity index (χ3v) is 5.19. The number of hydrogen-bond acceptors (Lipinski definition) is 2. The molecule has 0 heterocycles. The molecule has 0 unspecified atom stereocenters. The molecule has 0 saturated carbocycles. The number of alkyl halides is 3. The summed E-state index contributed by atoms with van der Waals surface area (Å²) < 4.78 is -1.20. The number of anilines is 1. The Balaban J connectivity index is 2.11. The molecule has 3 N–H and O–H groups in total. The topological polar surface area (TPSA) is 53.2 Å². The molecule has 1 atom stereocenters. The Kier molecular flexibility index (Phi) is 7.77. The molecule has 0 fully saturated rings. The highest BCUT2D eigenvalue weighted by atomic mass is 79.9. The molecular weight excluding hydrogens is 493 g/mol. The van der Waals surface area contributed by atoms with Crippen molar-refractivity contribution in [3.05, 3.63) is 63.6 Å². The van der Waals surface area contributed by atoms with Crippen LogP contribution in [0.4, 0.5) is 5.69 Å². The lowest BCUT2D eigenvalue weighted by Gasteiger charge is -2.28. The first-order valence-corrected chi connectivity index (χ1v) is 10.2. The van der Waals surface area contributed by atoms with E-state index in [2.05, 4.69) is 31.9 Å². The molecule has 4 nitrogen and oxygen atoms in total. The van der Waals surface area contributed by atoms with Gasteiger partial charge < -0.3 is 16.0 Å². The van der Waals surface area contributed by atoms with E-state index in [1.807, 2.05) is 32.0 Å². The molecule has 27 heavy (non-hydrogen) atoms. The predicted molar refractivity (Wildman–Crippen MR) is 121 cm³/mol. The van der Waals surface area contributed by atoms with Gasteiger partial charge in [0.2, 0.25) is 3.79 Å². The summed E-state index contributed by atoms with van der Waals surface area (Å²) in [7, 11) is 0. The van der Waals surface area contributed by atoms with Crippen LogP contribution in [0.15, 0.2) is 46.9 Å². The van der Waals surface area contributed by atoms with E-state index in [-0.39, 0.29) is 5.11 Å².